The van der Waals surface area contributed by atoms with Crippen molar-refractivity contribution in [2.75, 3.05) is 0 Å². The second-order valence-corrected chi connectivity index (χ2v) is 7.23. The predicted octanol–water partition coefficient (Wildman–Crippen LogP) is 3.41. The van der Waals surface area contributed by atoms with Crippen LogP contribution in [0, 0.1) is 5.82 Å². The van der Waals surface area contributed by atoms with Crippen LogP contribution >= 0.6 is 0 Å². The Labute approximate surface area is 147 Å². The zero-order valence-electron chi connectivity index (χ0n) is 14.9. The number of hydrogen-bond acceptors (Lipinski definition) is 4. The Kier molecular flexibility index (Phi) is 4.52. The van der Waals surface area contributed by atoms with E-state index in [9.17, 15) is 9.50 Å². The molecular weight excluding hydrogens is 322 g/mol. The molecule has 0 spiro atoms. The average molecular weight is 344 g/mol. The van der Waals surface area contributed by atoms with Crippen molar-refractivity contribution >= 4 is 12.6 Å². The van der Waals surface area contributed by atoms with E-state index in [0.29, 0.717) is 11.2 Å². The molecule has 0 atom stereocenters. The van der Waals surface area contributed by atoms with Gasteiger partial charge in [0.25, 0.3) is 0 Å². The molecule has 0 saturated carbocycles. The van der Waals surface area contributed by atoms with Crippen molar-refractivity contribution in [3.63, 3.8) is 0 Å². The summed E-state index contributed by atoms with van der Waals surface area (Å²) in [6.07, 6.45) is 0. The second kappa shape index (κ2) is 6.35. The van der Waals surface area contributed by atoms with Gasteiger partial charge in [0.15, 0.2) is 0 Å². The van der Waals surface area contributed by atoms with Crippen molar-refractivity contribution in [3.05, 3.63) is 53.8 Å². The minimum atomic E-state index is -0.634. The number of benzene rings is 2. The number of phenolic OH excluding ortho intramolecular Hbond substituents is 1. The Hall–Kier alpha value is -2.05. The van der Waals surface area contributed by atoms with Crippen molar-refractivity contribution in [1.29, 1.82) is 0 Å². The first kappa shape index (κ1) is 17.8. The number of halogens is 1. The maximum Gasteiger partial charge on any atom is 0.498 e. The number of phenols is 1. The first-order valence-electron chi connectivity index (χ1n) is 8.24. The summed E-state index contributed by atoms with van der Waals surface area (Å²) in [4.78, 5) is 0. The summed E-state index contributed by atoms with van der Waals surface area (Å²) in [6.45, 7) is 8.05. The molecule has 4 nitrogen and oxygen atoms in total. The molecule has 6 heteroatoms. The molecule has 1 heterocycles. The van der Waals surface area contributed by atoms with E-state index in [0.717, 1.165) is 5.56 Å². The van der Waals surface area contributed by atoms with E-state index in [1.54, 1.807) is 24.3 Å². The maximum atomic E-state index is 13.7. The fraction of sp³-hybridized carbons (Fsp3) is 0.368. The van der Waals surface area contributed by atoms with Gasteiger partial charge in [-0.2, -0.15) is 0 Å². The summed E-state index contributed by atoms with van der Waals surface area (Å²) in [5, 5.41) is 9.54. The fourth-order valence-electron chi connectivity index (χ4n) is 2.61. The van der Waals surface area contributed by atoms with Crippen LogP contribution < -0.4 is 10.2 Å². The average Bonchev–Trinajstić information content (AvgIpc) is 2.73. The van der Waals surface area contributed by atoms with Gasteiger partial charge < -0.3 is 19.2 Å². The van der Waals surface area contributed by atoms with Crippen molar-refractivity contribution in [3.8, 4) is 11.5 Å². The summed E-state index contributed by atoms with van der Waals surface area (Å²) >= 11 is 0. The van der Waals surface area contributed by atoms with Crippen molar-refractivity contribution in [1.82, 2.24) is 0 Å². The summed E-state index contributed by atoms with van der Waals surface area (Å²) in [6, 6.07) is 11.1. The highest BCUT2D eigenvalue weighted by atomic mass is 19.1. The summed E-state index contributed by atoms with van der Waals surface area (Å²) in [7, 11) is -0.634. The molecule has 0 radical (unpaired) electrons. The molecule has 0 unspecified atom stereocenters. The molecular formula is C19H22BFO4. The van der Waals surface area contributed by atoms with Crippen LogP contribution in [0.15, 0.2) is 42.5 Å². The Morgan fingerprint density at radius 3 is 2.36 bits per heavy atom. The summed E-state index contributed by atoms with van der Waals surface area (Å²) < 4.78 is 31.6. The predicted molar refractivity (Wildman–Crippen MR) is 94.6 cm³/mol. The van der Waals surface area contributed by atoms with Crippen LogP contribution in [0.4, 0.5) is 4.39 Å². The fourth-order valence-corrected chi connectivity index (χ4v) is 2.61. The molecule has 2 aromatic rings. The van der Waals surface area contributed by atoms with Crippen LogP contribution in [0.1, 0.15) is 33.3 Å². The molecule has 1 N–H and O–H groups in total. The molecule has 25 heavy (non-hydrogen) atoms. The highest BCUT2D eigenvalue weighted by Gasteiger charge is 2.52. The molecule has 1 saturated heterocycles. The molecule has 0 aromatic heterocycles. The molecule has 0 bridgehead atoms. The lowest BCUT2D eigenvalue weighted by Crippen LogP contribution is -2.41. The monoisotopic (exact) mass is 344 g/mol. The van der Waals surface area contributed by atoms with Gasteiger partial charge >= 0.3 is 7.12 Å². The third kappa shape index (κ3) is 3.65. The zero-order chi connectivity index (χ0) is 18.2. The molecule has 2 aromatic carbocycles. The molecule has 1 fully saturated rings. The van der Waals surface area contributed by atoms with Gasteiger partial charge in [0.05, 0.1) is 11.2 Å². The molecule has 0 aliphatic carbocycles. The van der Waals surface area contributed by atoms with Gasteiger partial charge in [-0.3, -0.25) is 0 Å². The molecule has 132 valence electrons. The minimum Gasteiger partial charge on any atom is -0.508 e. The van der Waals surface area contributed by atoms with Crippen LogP contribution in [0.3, 0.4) is 0 Å². The van der Waals surface area contributed by atoms with Gasteiger partial charge in [-0.15, -0.1) is 0 Å². The smallest absolute Gasteiger partial charge is 0.498 e. The highest BCUT2D eigenvalue weighted by Crippen LogP contribution is 2.37. The Bertz CT molecular complexity index is 760. The first-order chi connectivity index (χ1) is 11.7. The van der Waals surface area contributed by atoms with Crippen molar-refractivity contribution < 1.29 is 23.5 Å². The van der Waals surface area contributed by atoms with E-state index in [1.165, 1.54) is 12.1 Å². The van der Waals surface area contributed by atoms with Crippen LogP contribution in [-0.2, 0) is 15.9 Å². The van der Waals surface area contributed by atoms with Gasteiger partial charge in [-0.05, 0) is 51.5 Å². The highest BCUT2D eigenvalue weighted by molar-refractivity contribution is 6.63. The zero-order valence-corrected chi connectivity index (χ0v) is 14.9. The lowest BCUT2D eigenvalue weighted by molar-refractivity contribution is 0.00578. The van der Waals surface area contributed by atoms with E-state index in [-0.39, 0.29) is 12.4 Å². The van der Waals surface area contributed by atoms with Crippen LogP contribution in [-0.4, -0.2) is 23.4 Å². The van der Waals surface area contributed by atoms with Gasteiger partial charge in [0.2, 0.25) is 0 Å². The number of hydrogen-bond donors (Lipinski definition) is 1. The molecule has 1 aliphatic rings. The largest absolute Gasteiger partial charge is 0.508 e. The first-order valence-corrected chi connectivity index (χ1v) is 8.24. The van der Waals surface area contributed by atoms with Crippen LogP contribution in [0.2, 0.25) is 0 Å². The van der Waals surface area contributed by atoms with Crippen LogP contribution in [0.25, 0.3) is 0 Å². The third-order valence-corrected chi connectivity index (χ3v) is 4.79. The quantitative estimate of drug-likeness (QED) is 0.864. The van der Waals surface area contributed by atoms with Crippen molar-refractivity contribution in [2.45, 2.75) is 45.5 Å². The molecule has 1 aliphatic heterocycles. The van der Waals surface area contributed by atoms with Gasteiger partial charge in [-0.25, -0.2) is 4.39 Å². The van der Waals surface area contributed by atoms with E-state index >= 15 is 0 Å². The lowest BCUT2D eigenvalue weighted by atomic mass is 9.78. The third-order valence-electron chi connectivity index (χ3n) is 4.79. The minimum absolute atomic E-state index is 0.159. The van der Waals surface area contributed by atoms with E-state index in [4.69, 9.17) is 14.0 Å². The number of rotatable bonds is 4. The topological polar surface area (TPSA) is 47.9 Å². The van der Waals surface area contributed by atoms with Gasteiger partial charge in [0, 0.05) is 11.5 Å². The van der Waals surface area contributed by atoms with E-state index in [2.05, 4.69) is 0 Å². The summed E-state index contributed by atoms with van der Waals surface area (Å²) in [5.41, 5.74) is 0.438. The second-order valence-electron chi connectivity index (χ2n) is 7.23. The van der Waals surface area contributed by atoms with Gasteiger partial charge in [0.1, 0.15) is 23.9 Å². The van der Waals surface area contributed by atoms with E-state index in [1.807, 2.05) is 33.8 Å². The number of aromatic hydroxyl groups is 1. The summed E-state index contributed by atoms with van der Waals surface area (Å²) in [5.74, 6) is 0.125. The molecule has 3 rings (SSSR count). The van der Waals surface area contributed by atoms with E-state index < -0.39 is 24.1 Å². The normalized spacial score (nSPS) is 18.4. The standard InChI is InChI=1S/C19H22BFO4/c1-18(2)19(3,4)25-20(24-18)16-9-8-14(21)11-17(16)23-12-13-6-5-7-15(22)10-13/h5-11,22H,12H2,1-4H3. The van der Waals surface area contributed by atoms with Crippen LogP contribution in [0.5, 0.6) is 11.5 Å². The number of ether oxygens (including phenoxy) is 1. The lowest BCUT2D eigenvalue weighted by Gasteiger charge is -2.32. The molecule has 0 amide bonds. The Balaban J connectivity index is 1.84. The van der Waals surface area contributed by atoms with Crippen molar-refractivity contribution in [2.24, 2.45) is 0 Å². The Morgan fingerprint density at radius 2 is 1.72 bits per heavy atom. The van der Waals surface area contributed by atoms with Gasteiger partial charge in [-0.1, -0.05) is 18.2 Å². The maximum absolute atomic E-state index is 13.7. The SMILES string of the molecule is CC1(C)OB(c2ccc(F)cc2OCc2cccc(O)c2)OC1(C)C. The Morgan fingerprint density at radius 1 is 1.04 bits per heavy atom.